The van der Waals surface area contributed by atoms with Gasteiger partial charge in [-0.2, -0.15) is 0 Å². The van der Waals surface area contributed by atoms with Crippen molar-refractivity contribution < 1.29 is 9.47 Å². The van der Waals surface area contributed by atoms with Gasteiger partial charge in [0.2, 0.25) is 0 Å². The van der Waals surface area contributed by atoms with E-state index in [2.05, 4.69) is 188 Å². The van der Waals surface area contributed by atoms with Crippen LogP contribution in [0.2, 0.25) is 0 Å². The molecule has 0 saturated carbocycles. The average Bonchev–Trinajstić information content (AvgIpc) is 3.17. The summed E-state index contributed by atoms with van der Waals surface area (Å²) in [6, 6.07) is 64.5. The molecule has 0 saturated heterocycles. The van der Waals surface area contributed by atoms with Crippen molar-refractivity contribution >= 4 is 16.3 Å². The highest BCUT2D eigenvalue weighted by Crippen LogP contribution is 2.62. The molecule has 2 aliphatic rings. The lowest BCUT2D eigenvalue weighted by Crippen LogP contribution is -2.55. The van der Waals surface area contributed by atoms with Crippen LogP contribution >= 0.6 is 0 Å². The van der Waals surface area contributed by atoms with Crippen LogP contribution in [0.4, 0.5) is 0 Å². The molecule has 2 nitrogen and oxygen atoms in total. The Hall–Kier alpha value is -5.86. The van der Waals surface area contributed by atoms with E-state index >= 15 is 0 Å². The highest BCUT2D eigenvalue weighted by molar-refractivity contribution is 5.90. The summed E-state index contributed by atoms with van der Waals surface area (Å²) in [7, 11) is 0. The highest BCUT2D eigenvalue weighted by atomic mass is 16.7. The molecule has 4 unspecified atom stereocenters. The van der Waals surface area contributed by atoms with E-state index in [4.69, 9.17) is 9.47 Å². The summed E-state index contributed by atoms with van der Waals surface area (Å²) in [5.41, 5.74) is 8.15. The fourth-order valence-electron chi connectivity index (χ4n) is 8.05. The zero-order valence-corrected chi connectivity index (χ0v) is 26.4. The molecule has 230 valence electrons. The monoisotopic (exact) mass is 618 g/mol. The van der Waals surface area contributed by atoms with Gasteiger partial charge in [0.15, 0.2) is 0 Å². The largest absolute Gasteiger partial charge is 0.448 e. The number of rotatable bonds is 5. The third-order valence-electron chi connectivity index (χ3n) is 10.1. The number of hydrogen-bond donors (Lipinski definition) is 0. The molecule has 0 aliphatic carbocycles. The van der Waals surface area contributed by atoms with Crippen LogP contribution in [0.15, 0.2) is 188 Å². The molecule has 0 aromatic heterocycles. The Kier molecular flexibility index (Phi) is 6.94. The average molecular weight is 619 g/mol. The normalized spacial score (nSPS) is 20.7. The van der Waals surface area contributed by atoms with E-state index in [1.165, 1.54) is 44.2 Å². The molecule has 0 fully saturated rings. The Morgan fingerprint density at radius 3 is 1.77 bits per heavy atom. The minimum absolute atomic E-state index is 0.0301. The molecular weight excluding hydrogens is 585 g/mol. The first kappa shape index (κ1) is 28.4. The smallest absolute Gasteiger partial charge is 0.282 e. The van der Waals surface area contributed by atoms with Crippen LogP contribution < -0.4 is 9.47 Å². The second kappa shape index (κ2) is 11.7. The number of hydrogen-bond acceptors (Lipinski definition) is 2. The van der Waals surface area contributed by atoms with Gasteiger partial charge in [-0.3, -0.25) is 0 Å². The highest BCUT2D eigenvalue weighted by Gasteiger charge is 2.59. The van der Waals surface area contributed by atoms with Crippen LogP contribution in [0, 0.1) is 5.92 Å². The molecule has 7 aromatic carbocycles. The number of allylic oxidation sites excluding steroid dienone is 1. The second-order valence-electron chi connectivity index (χ2n) is 12.7. The molecule has 2 heteroatoms. The van der Waals surface area contributed by atoms with Crippen molar-refractivity contribution in [1.29, 1.82) is 0 Å². The maximum absolute atomic E-state index is 7.40. The van der Waals surface area contributed by atoms with Crippen LogP contribution in [0.5, 0.6) is 11.5 Å². The Labute approximate surface area is 281 Å². The molecule has 2 aliphatic heterocycles. The topological polar surface area (TPSA) is 18.5 Å². The van der Waals surface area contributed by atoms with Gasteiger partial charge in [0.1, 0.15) is 11.5 Å². The first-order chi connectivity index (χ1) is 23.8. The van der Waals surface area contributed by atoms with Crippen molar-refractivity contribution in [2.24, 2.45) is 5.92 Å². The molecule has 48 heavy (non-hydrogen) atoms. The van der Waals surface area contributed by atoms with Crippen LogP contribution in [0.3, 0.4) is 0 Å². The lowest BCUT2D eigenvalue weighted by Gasteiger charge is -2.53. The fourth-order valence-corrected chi connectivity index (χ4v) is 8.05. The molecule has 0 N–H and O–H groups in total. The molecule has 0 radical (unpaired) electrons. The lowest BCUT2D eigenvalue weighted by molar-refractivity contribution is -0.192. The summed E-state index contributed by atoms with van der Waals surface area (Å²) in [6.45, 7) is 0. The molecule has 9 rings (SSSR count). The third-order valence-corrected chi connectivity index (χ3v) is 10.1. The van der Waals surface area contributed by atoms with Crippen molar-refractivity contribution in [3.63, 3.8) is 0 Å². The second-order valence-corrected chi connectivity index (χ2v) is 12.7. The van der Waals surface area contributed by atoms with Crippen LogP contribution in [0.1, 0.15) is 45.2 Å². The number of fused-ring (bicyclic) bond motifs is 5. The molecule has 0 bridgehead atoms. The van der Waals surface area contributed by atoms with Gasteiger partial charge in [0.05, 0.1) is 5.92 Å². The molecule has 2 heterocycles. The van der Waals surface area contributed by atoms with Crippen molar-refractivity contribution in [3.05, 3.63) is 221 Å². The Bertz CT molecular complexity index is 2200. The molecular formula is C46H34O2. The lowest BCUT2D eigenvalue weighted by atomic mass is 9.62. The minimum atomic E-state index is -1.11. The van der Waals surface area contributed by atoms with Gasteiger partial charge in [-0.15, -0.1) is 0 Å². The van der Waals surface area contributed by atoms with Gasteiger partial charge < -0.3 is 9.47 Å². The Morgan fingerprint density at radius 2 is 1.06 bits per heavy atom. The fraction of sp³-hybridized carbons (Fsp3) is 0.0870. The summed E-state index contributed by atoms with van der Waals surface area (Å²) in [4.78, 5) is 0. The van der Waals surface area contributed by atoms with E-state index in [0.29, 0.717) is 0 Å². The van der Waals surface area contributed by atoms with Crippen LogP contribution in [-0.4, -0.2) is 0 Å². The predicted octanol–water partition coefficient (Wildman–Crippen LogP) is 11.1. The molecule has 0 amide bonds. The van der Waals surface area contributed by atoms with Crippen molar-refractivity contribution in [2.45, 2.75) is 17.6 Å². The minimum Gasteiger partial charge on any atom is -0.448 e. The predicted molar refractivity (Wildman–Crippen MR) is 194 cm³/mol. The number of para-hydroxylation sites is 1. The standard InChI is InChI=1S/C46H34O2/c1-5-17-32(18-6-1)39(33-19-7-2-8-20-33)31-40-44-37-26-14-13-21-34(37)29-30-42(44)48-46(36-24-11-4-12-25-36)45(40)43(35-22-9-3-10-23-35)38-27-15-16-28-41(38)47-46/h1-31,40,43,45H. The van der Waals surface area contributed by atoms with E-state index in [1.54, 1.807) is 0 Å². The third kappa shape index (κ3) is 4.64. The number of ether oxygens (including phenoxy) is 2. The van der Waals surface area contributed by atoms with Crippen molar-refractivity contribution in [2.75, 3.05) is 0 Å². The summed E-state index contributed by atoms with van der Waals surface area (Å²) < 4.78 is 14.7. The van der Waals surface area contributed by atoms with Crippen molar-refractivity contribution in [1.82, 2.24) is 0 Å². The maximum atomic E-state index is 7.40. The van der Waals surface area contributed by atoms with Gasteiger partial charge in [0, 0.05) is 28.5 Å². The quantitative estimate of drug-likeness (QED) is 0.191. The van der Waals surface area contributed by atoms with Gasteiger partial charge in [-0.25, -0.2) is 0 Å². The molecule has 7 aromatic rings. The maximum Gasteiger partial charge on any atom is 0.282 e. The van der Waals surface area contributed by atoms with E-state index in [0.717, 1.165) is 17.1 Å². The zero-order chi connectivity index (χ0) is 31.9. The summed E-state index contributed by atoms with van der Waals surface area (Å²) in [6.07, 6.45) is 2.51. The summed E-state index contributed by atoms with van der Waals surface area (Å²) in [5.74, 6) is 0.293. The van der Waals surface area contributed by atoms with Gasteiger partial charge >= 0.3 is 0 Å². The first-order valence-corrected chi connectivity index (χ1v) is 16.7. The zero-order valence-electron chi connectivity index (χ0n) is 26.4. The molecule has 0 spiro atoms. The van der Waals surface area contributed by atoms with Crippen LogP contribution in [0.25, 0.3) is 16.3 Å². The summed E-state index contributed by atoms with van der Waals surface area (Å²) in [5, 5.41) is 2.39. The van der Waals surface area contributed by atoms with E-state index in [9.17, 15) is 0 Å². The van der Waals surface area contributed by atoms with Crippen LogP contribution in [-0.2, 0) is 5.79 Å². The van der Waals surface area contributed by atoms with E-state index < -0.39 is 5.79 Å². The van der Waals surface area contributed by atoms with Gasteiger partial charge in [0.25, 0.3) is 5.79 Å². The van der Waals surface area contributed by atoms with Gasteiger partial charge in [-0.1, -0.05) is 176 Å². The van der Waals surface area contributed by atoms with Gasteiger partial charge in [-0.05, 0) is 45.2 Å². The molecule has 4 atom stereocenters. The number of benzene rings is 7. The summed E-state index contributed by atoms with van der Waals surface area (Å²) >= 11 is 0. The SMILES string of the molecule is C(=C(c1ccccc1)c1ccccc1)C1c2c(ccc3ccccc23)OC2(c3ccccc3)Oc3ccccc3C(c3ccccc3)C12. The van der Waals surface area contributed by atoms with E-state index in [-0.39, 0.29) is 17.8 Å². The Balaban J connectivity index is 1.42. The Morgan fingerprint density at radius 1 is 0.500 bits per heavy atom. The first-order valence-electron chi connectivity index (χ1n) is 16.7. The van der Waals surface area contributed by atoms with E-state index in [1.807, 2.05) is 0 Å². The van der Waals surface area contributed by atoms with Crippen molar-refractivity contribution in [3.8, 4) is 11.5 Å².